The first kappa shape index (κ1) is 17.0. The number of rotatable bonds is 6. The minimum absolute atomic E-state index is 0.0667. The normalized spacial score (nSPS) is 11.6. The first-order chi connectivity index (χ1) is 11.1. The third kappa shape index (κ3) is 5.11. The van der Waals surface area contributed by atoms with Gasteiger partial charge in [-0.2, -0.15) is 0 Å². The highest BCUT2D eigenvalue weighted by molar-refractivity contribution is 6.33. The van der Waals surface area contributed by atoms with Crippen molar-refractivity contribution in [3.05, 3.63) is 70.7 Å². The van der Waals surface area contributed by atoms with Gasteiger partial charge in [0.1, 0.15) is 0 Å². The van der Waals surface area contributed by atoms with Crippen LogP contribution >= 0.6 is 11.6 Å². The molecule has 23 heavy (non-hydrogen) atoms. The SMILES string of the molecule is C[C@@H](NC(=O)CCNC(=O)c1ccccc1Cl)c1ccccc1. The Labute approximate surface area is 140 Å². The largest absolute Gasteiger partial charge is 0.351 e. The molecule has 0 unspecified atom stereocenters. The molecule has 4 nitrogen and oxygen atoms in total. The Kier molecular flexibility index (Phi) is 6.18. The molecule has 0 fully saturated rings. The van der Waals surface area contributed by atoms with Crippen LogP contribution in [0.15, 0.2) is 54.6 Å². The number of benzene rings is 2. The van der Waals surface area contributed by atoms with Gasteiger partial charge in [0.2, 0.25) is 5.91 Å². The summed E-state index contributed by atoms with van der Waals surface area (Å²) in [6.45, 7) is 2.19. The van der Waals surface area contributed by atoms with E-state index in [4.69, 9.17) is 11.6 Å². The molecule has 2 N–H and O–H groups in total. The van der Waals surface area contributed by atoms with Crippen LogP contribution in [0.1, 0.15) is 35.3 Å². The molecule has 0 heterocycles. The van der Waals surface area contributed by atoms with Gasteiger partial charge < -0.3 is 10.6 Å². The summed E-state index contributed by atoms with van der Waals surface area (Å²) < 4.78 is 0. The van der Waals surface area contributed by atoms with E-state index in [1.165, 1.54) is 0 Å². The van der Waals surface area contributed by atoms with Crippen molar-refractivity contribution in [2.75, 3.05) is 6.54 Å². The Morgan fingerprint density at radius 1 is 1.04 bits per heavy atom. The van der Waals surface area contributed by atoms with Crippen molar-refractivity contribution in [1.29, 1.82) is 0 Å². The molecule has 5 heteroatoms. The van der Waals surface area contributed by atoms with Crippen LogP contribution < -0.4 is 10.6 Å². The van der Waals surface area contributed by atoms with Gasteiger partial charge in [-0.05, 0) is 24.6 Å². The predicted molar refractivity (Wildman–Crippen MR) is 91.4 cm³/mol. The van der Waals surface area contributed by atoms with E-state index in [0.717, 1.165) is 5.56 Å². The minimum Gasteiger partial charge on any atom is -0.351 e. The molecule has 0 bridgehead atoms. The molecule has 2 aromatic rings. The zero-order chi connectivity index (χ0) is 16.7. The van der Waals surface area contributed by atoms with Crippen molar-refractivity contribution in [2.24, 2.45) is 0 Å². The van der Waals surface area contributed by atoms with Crippen LogP contribution in [0, 0.1) is 0 Å². The molecule has 2 aromatic carbocycles. The number of hydrogen-bond donors (Lipinski definition) is 2. The Hall–Kier alpha value is -2.33. The summed E-state index contributed by atoms with van der Waals surface area (Å²) >= 11 is 5.96. The van der Waals surface area contributed by atoms with Gasteiger partial charge in [0.15, 0.2) is 0 Å². The fourth-order valence-corrected chi connectivity index (χ4v) is 2.39. The monoisotopic (exact) mass is 330 g/mol. The lowest BCUT2D eigenvalue weighted by Crippen LogP contribution is -2.32. The van der Waals surface area contributed by atoms with Gasteiger partial charge in [0, 0.05) is 13.0 Å². The summed E-state index contributed by atoms with van der Waals surface area (Å²) in [5.41, 5.74) is 1.45. The third-order valence-electron chi connectivity index (χ3n) is 3.43. The molecule has 2 rings (SSSR count). The van der Waals surface area contributed by atoms with Crippen LogP contribution in [0.4, 0.5) is 0 Å². The lowest BCUT2D eigenvalue weighted by Gasteiger charge is -2.14. The number of carbonyl (C=O) groups excluding carboxylic acids is 2. The standard InChI is InChI=1S/C18H19ClN2O2/c1-13(14-7-3-2-4-8-14)21-17(22)11-12-20-18(23)15-9-5-6-10-16(15)19/h2-10,13H,11-12H2,1H3,(H,20,23)(H,21,22)/t13-/m1/s1. The molecule has 2 amide bonds. The van der Waals surface area contributed by atoms with Crippen LogP contribution in [0.3, 0.4) is 0 Å². The van der Waals surface area contributed by atoms with Crippen molar-refractivity contribution < 1.29 is 9.59 Å². The molecule has 0 saturated carbocycles. The van der Waals surface area contributed by atoms with E-state index in [2.05, 4.69) is 10.6 Å². The maximum absolute atomic E-state index is 12.0. The van der Waals surface area contributed by atoms with Crippen molar-refractivity contribution in [2.45, 2.75) is 19.4 Å². The average Bonchev–Trinajstić information content (AvgIpc) is 2.56. The molecule has 0 aromatic heterocycles. The quantitative estimate of drug-likeness (QED) is 0.853. The van der Waals surface area contributed by atoms with E-state index in [1.807, 2.05) is 37.3 Å². The second-order valence-corrected chi connectivity index (χ2v) is 5.59. The van der Waals surface area contributed by atoms with Gasteiger partial charge in [-0.15, -0.1) is 0 Å². The molecule has 0 aliphatic rings. The van der Waals surface area contributed by atoms with Crippen molar-refractivity contribution >= 4 is 23.4 Å². The van der Waals surface area contributed by atoms with Crippen LogP contribution in [-0.4, -0.2) is 18.4 Å². The molecule has 0 radical (unpaired) electrons. The first-order valence-corrected chi connectivity index (χ1v) is 7.83. The highest BCUT2D eigenvalue weighted by Gasteiger charge is 2.11. The Balaban J connectivity index is 1.77. The van der Waals surface area contributed by atoms with Gasteiger partial charge in [-0.25, -0.2) is 0 Å². The summed E-state index contributed by atoms with van der Waals surface area (Å²) in [6, 6.07) is 16.5. The van der Waals surface area contributed by atoms with Gasteiger partial charge in [0.05, 0.1) is 16.6 Å². The fourth-order valence-electron chi connectivity index (χ4n) is 2.17. The summed E-state index contributed by atoms with van der Waals surface area (Å²) in [5.74, 6) is -0.389. The van der Waals surface area contributed by atoms with Crippen LogP contribution in [0.25, 0.3) is 0 Å². The zero-order valence-electron chi connectivity index (χ0n) is 12.9. The second kappa shape index (κ2) is 8.34. The van der Waals surface area contributed by atoms with E-state index in [-0.39, 0.29) is 30.8 Å². The highest BCUT2D eigenvalue weighted by atomic mass is 35.5. The second-order valence-electron chi connectivity index (χ2n) is 5.19. The Morgan fingerprint density at radius 2 is 1.70 bits per heavy atom. The van der Waals surface area contributed by atoms with E-state index in [0.29, 0.717) is 10.6 Å². The zero-order valence-corrected chi connectivity index (χ0v) is 13.6. The molecular formula is C18H19ClN2O2. The Morgan fingerprint density at radius 3 is 2.39 bits per heavy atom. The summed E-state index contributed by atoms with van der Waals surface area (Å²) in [5, 5.41) is 6.00. The summed E-state index contributed by atoms with van der Waals surface area (Å²) in [4.78, 5) is 23.9. The average molecular weight is 331 g/mol. The lowest BCUT2D eigenvalue weighted by atomic mass is 10.1. The molecule has 120 valence electrons. The number of nitrogens with one attached hydrogen (secondary N) is 2. The first-order valence-electron chi connectivity index (χ1n) is 7.45. The van der Waals surface area contributed by atoms with Crippen LogP contribution in [0.2, 0.25) is 5.02 Å². The topological polar surface area (TPSA) is 58.2 Å². The molecular weight excluding hydrogens is 312 g/mol. The summed E-state index contributed by atoms with van der Waals surface area (Å²) in [7, 11) is 0. The van der Waals surface area contributed by atoms with E-state index < -0.39 is 0 Å². The fraction of sp³-hybridized carbons (Fsp3) is 0.222. The van der Waals surface area contributed by atoms with E-state index >= 15 is 0 Å². The maximum atomic E-state index is 12.0. The minimum atomic E-state index is -0.278. The van der Waals surface area contributed by atoms with Gasteiger partial charge in [-0.3, -0.25) is 9.59 Å². The predicted octanol–water partition coefficient (Wildman–Crippen LogP) is 3.34. The number of amides is 2. The van der Waals surface area contributed by atoms with Crippen molar-refractivity contribution in [3.63, 3.8) is 0 Å². The lowest BCUT2D eigenvalue weighted by molar-refractivity contribution is -0.121. The van der Waals surface area contributed by atoms with Gasteiger partial charge >= 0.3 is 0 Å². The van der Waals surface area contributed by atoms with Gasteiger partial charge in [-0.1, -0.05) is 54.1 Å². The number of halogens is 1. The maximum Gasteiger partial charge on any atom is 0.252 e. The third-order valence-corrected chi connectivity index (χ3v) is 3.76. The summed E-state index contributed by atoms with van der Waals surface area (Å²) in [6.07, 6.45) is 0.216. The molecule has 0 saturated heterocycles. The van der Waals surface area contributed by atoms with Crippen LogP contribution in [-0.2, 0) is 4.79 Å². The Bertz CT molecular complexity index is 674. The van der Waals surface area contributed by atoms with E-state index in [9.17, 15) is 9.59 Å². The van der Waals surface area contributed by atoms with Crippen molar-refractivity contribution in [3.8, 4) is 0 Å². The molecule has 1 atom stereocenters. The highest BCUT2D eigenvalue weighted by Crippen LogP contribution is 2.14. The smallest absolute Gasteiger partial charge is 0.252 e. The number of carbonyl (C=O) groups is 2. The van der Waals surface area contributed by atoms with Crippen LogP contribution in [0.5, 0.6) is 0 Å². The van der Waals surface area contributed by atoms with E-state index in [1.54, 1.807) is 24.3 Å². The molecule has 0 spiro atoms. The number of hydrogen-bond acceptors (Lipinski definition) is 2. The molecule has 0 aliphatic heterocycles. The van der Waals surface area contributed by atoms with Gasteiger partial charge in [0.25, 0.3) is 5.91 Å². The molecule has 0 aliphatic carbocycles. The van der Waals surface area contributed by atoms with Crippen molar-refractivity contribution in [1.82, 2.24) is 10.6 Å².